The van der Waals surface area contributed by atoms with Crippen molar-refractivity contribution in [1.82, 2.24) is 13.7 Å². The molecular weight excluding hydrogens is 318 g/mol. The third kappa shape index (κ3) is 5.24. The summed E-state index contributed by atoms with van der Waals surface area (Å²) in [6.07, 6.45) is 4.40. The van der Waals surface area contributed by atoms with Gasteiger partial charge in [0.25, 0.3) is 0 Å². The van der Waals surface area contributed by atoms with Gasteiger partial charge in [0, 0.05) is 6.54 Å². The van der Waals surface area contributed by atoms with Crippen LogP contribution < -0.4 is 17.1 Å². The average molecular weight is 343 g/mol. The van der Waals surface area contributed by atoms with E-state index in [4.69, 9.17) is 5.11 Å². The molecule has 0 aliphatic rings. The van der Waals surface area contributed by atoms with Crippen molar-refractivity contribution in [1.29, 1.82) is 0 Å². The zero-order valence-corrected chi connectivity index (χ0v) is 14.4. The van der Waals surface area contributed by atoms with Crippen molar-refractivity contribution < 1.29 is 5.11 Å². The highest BCUT2D eigenvalue weighted by atomic mass is 32.2. The largest absolute Gasteiger partial charge is 0.395 e. The highest BCUT2D eigenvalue weighted by Gasteiger charge is 2.14. The van der Waals surface area contributed by atoms with Gasteiger partial charge in [-0.2, -0.15) is 11.8 Å². The molecule has 0 unspecified atom stereocenters. The summed E-state index contributed by atoms with van der Waals surface area (Å²) >= 11 is 1.79. The molecule has 1 N–H and O–H groups in total. The molecule has 0 aliphatic heterocycles. The molecule has 0 fully saturated rings. The van der Waals surface area contributed by atoms with Gasteiger partial charge in [0.2, 0.25) is 0 Å². The first kappa shape index (κ1) is 19.5. The van der Waals surface area contributed by atoms with Crippen LogP contribution in [-0.4, -0.2) is 36.9 Å². The molecule has 1 aromatic heterocycles. The quantitative estimate of drug-likeness (QED) is 0.460. The van der Waals surface area contributed by atoms with Crippen LogP contribution in [0.5, 0.6) is 0 Å². The maximum atomic E-state index is 12.3. The average Bonchev–Trinajstić information content (AvgIpc) is 2.54. The van der Waals surface area contributed by atoms with E-state index in [1.807, 2.05) is 0 Å². The molecule has 0 spiro atoms. The molecule has 0 saturated carbocycles. The van der Waals surface area contributed by atoms with Gasteiger partial charge in [0.1, 0.15) is 0 Å². The van der Waals surface area contributed by atoms with E-state index < -0.39 is 17.1 Å². The molecule has 0 aromatic carbocycles. The monoisotopic (exact) mass is 343 g/mol. The molecule has 0 bridgehead atoms. The van der Waals surface area contributed by atoms with Crippen LogP contribution in [-0.2, 0) is 19.6 Å². The fourth-order valence-corrected chi connectivity index (χ4v) is 3.15. The van der Waals surface area contributed by atoms with Crippen LogP contribution in [0.15, 0.2) is 27.0 Å². The maximum Gasteiger partial charge on any atom is 0.336 e. The van der Waals surface area contributed by atoms with Gasteiger partial charge >= 0.3 is 17.1 Å². The summed E-state index contributed by atoms with van der Waals surface area (Å²) in [6, 6.07) is 0. The van der Waals surface area contributed by atoms with Crippen molar-refractivity contribution in [3.63, 3.8) is 0 Å². The number of unbranched alkanes of at least 4 members (excludes halogenated alkanes) is 1. The second kappa shape index (κ2) is 10.3. The standard InChI is InChI=1S/C15H25N3O4S/c1-3-5-11-23-12-6-8-17-13(20)16(7-4-2)14(21)18(9-10-19)15(17)22/h4,19H,2-3,5-12H2,1H3. The number of thioether (sulfide) groups is 1. The summed E-state index contributed by atoms with van der Waals surface area (Å²) in [5.74, 6) is 1.92. The second-order valence-corrected chi connectivity index (χ2v) is 6.32. The number of aliphatic hydroxyl groups excluding tert-OH is 1. The molecule has 1 heterocycles. The Morgan fingerprint density at radius 2 is 1.57 bits per heavy atom. The topological polar surface area (TPSA) is 86.2 Å². The lowest BCUT2D eigenvalue weighted by atomic mass is 10.4. The van der Waals surface area contributed by atoms with Gasteiger partial charge in [0.05, 0.1) is 19.7 Å². The fourth-order valence-electron chi connectivity index (χ4n) is 2.12. The summed E-state index contributed by atoms with van der Waals surface area (Å²) in [5.41, 5.74) is -1.98. The minimum atomic E-state index is -0.706. The van der Waals surface area contributed by atoms with Crippen LogP contribution in [0.3, 0.4) is 0 Å². The number of aliphatic hydroxyl groups is 1. The van der Waals surface area contributed by atoms with Crippen molar-refractivity contribution in [2.45, 2.75) is 45.8 Å². The van der Waals surface area contributed by atoms with E-state index in [1.54, 1.807) is 11.8 Å². The van der Waals surface area contributed by atoms with Crippen LogP contribution in [0.25, 0.3) is 0 Å². The Kier molecular flexibility index (Phi) is 8.71. The van der Waals surface area contributed by atoms with E-state index in [9.17, 15) is 14.4 Å². The molecule has 23 heavy (non-hydrogen) atoms. The molecule has 1 rings (SSSR count). The normalized spacial score (nSPS) is 10.9. The molecule has 8 heteroatoms. The molecular formula is C15H25N3O4S. The van der Waals surface area contributed by atoms with Crippen molar-refractivity contribution in [3.05, 3.63) is 44.1 Å². The minimum absolute atomic E-state index is 0.0363. The number of allylic oxidation sites excluding steroid dienone is 1. The molecule has 130 valence electrons. The van der Waals surface area contributed by atoms with Crippen LogP contribution in [0.2, 0.25) is 0 Å². The Bertz CT molecular complexity index is 675. The highest BCUT2D eigenvalue weighted by Crippen LogP contribution is 2.06. The molecule has 0 radical (unpaired) electrons. The van der Waals surface area contributed by atoms with Gasteiger partial charge in [0.15, 0.2) is 0 Å². The number of hydrogen-bond acceptors (Lipinski definition) is 5. The third-order valence-electron chi connectivity index (χ3n) is 3.33. The van der Waals surface area contributed by atoms with Crippen LogP contribution >= 0.6 is 11.8 Å². The lowest BCUT2D eigenvalue weighted by molar-refractivity contribution is 0.265. The Balaban J connectivity index is 3.01. The predicted octanol–water partition coefficient (Wildman–Crippen LogP) is 0.273. The Morgan fingerprint density at radius 1 is 1.00 bits per heavy atom. The molecule has 1 aromatic rings. The second-order valence-electron chi connectivity index (χ2n) is 5.09. The first-order chi connectivity index (χ1) is 11.1. The highest BCUT2D eigenvalue weighted by molar-refractivity contribution is 7.99. The third-order valence-corrected chi connectivity index (χ3v) is 4.49. The van der Waals surface area contributed by atoms with Crippen LogP contribution in [0.1, 0.15) is 26.2 Å². The summed E-state index contributed by atoms with van der Waals surface area (Å²) in [7, 11) is 0. The van der Waals surface area contributed by atoms with Gasteiger partial charge in [-0.05, 0) is 24.3 Å². The van der Waals surface area contributed by atoms with Crippen molar-refractivity contribution in [2.75, 3.05) is 18.1 Å². The molecule has 0 saturated heterocycles. The Labute approximate surface area is 139 Å². The zero-order chi connectivity index (χ0) is 17.2. The van der Waals surface area contributed by atoms with Gasteiger partial charge in [-0.25, -0.2) is 28.1 Å². The van der Waals surface area contributed by atoms with E-state index in [2.05, 4.69) is 13.5 Å². The van der Waals surface area contributed by atoms with Crippen molar-refractivity contribution in [3.8, 4) is 0 Å². The van der Waals surface area contributed by atoms with Crippen LogP contribution in [0.4, 0.5) is 0 Å². The minimum Gasteiger partial charge on any atom is -0.395 e. The SMILES string of the molecule is C=CCn1c(=O)n(CCO)c(=O)n(CCCSCCCC)c1=O. The smallest absolute Gasteiger partial charge is 0.336 e. The molecule has 7 nitrogen and oxygen atoms in total. The van der Waals surface area contributed by atoms with Crippen molar-refractivity contribution >= 4 is 11.8 Å². The number of aromatic nitrogens is 3. The Hall–Kier alpha value is -1.54. The summed E-state index contributed by atoms with van der Waals surface area (Å²) < 4.78 is 2.93. The summed E-state index contributed by atoms with van der Waals surface area (Å²) in [6.45, 7) is 5.49. The van der Waals surface area contributed by atoms with Gasteiger partial charge < -0.3 is 5.11 Å². The molecule has 0 aliphatic carbocycles. The first-order valence-corrected chi connectivity index (χ1v) is 8.97. The molecule has 0 amide bonds. The molecule has 0 atom stereocenters. The first-order valence-electron chi connectivity index (χ1n) is 7.82. The summed E-state index contributed by atoms with van der Waals surface area (Å²) in [5, 5.41) is 9.03. The van der Waals surface area contributed by atoms with Crippen LogP contribution in [0, 0.1) is 0 Å². The lowest BCUT2D eigenvalue weighted by Crippen LogP contribution is -2.54. The number of nitrogens with zero attached hydrogens (tertiary/aromatic N) is 3. The fraction of sp³-hybridized carbons (Fsp3) is 0.667. The summed E-state index contributed by atoms with van der Waals surface area (Å²) in [4.78, 5) is 36.8. The van der Waals surface area contributed by atoms with Gasteiger partial charge in [-0.15, -0.1) is 6.58 Å². The van der Waals surface area contributed by atoms with Crippen molar-refractivity contribution in [2.24, 2.45) is 0 Å². The number of rotatable bonds is 11. The Morgan fingerprint density at radius 3 is 2.13 bits per heavy atom. The van der Waals surface area contributed by atoms with E-state index in [0.717, 1.165) is 38.0 Å². The zero-order valence-electron chi connectivity index (χ0n) is 13.6. The van der Waals surface area contributed by atoms with Gasteiger partial charge in [-0.3, -0.25) is 0 Å². The van der Waals surface area contributed by atoms with E-state index in [1.165, 1.54) is 6.08 Å². The predicted molar refractivity (Wildman–Crippen MR) is 93.4 cm³/mol. The maximum absolute atomic E-state index is 12.3. The van der Waals surface area contributed by atoms with E-state index in [0.29, 0.717) is 6.42 Å². The van der Waals surface area contributed by atoms with Gasteiger partial charge in [-0.1, -0.05) is 19.4 Å². The lowest BCUT2D eigenvalue weighted by Gasteiger charge is -2.12. The van der Waals surface area contributed by atoms with E-state index in [-0.39, 0.29) is 26.2 Å². The van der Waals surface area contributed by atoms with E-state index >= 15 is 0 Å². The number of hydrogen-bond donors (Lipinski definition) is 1.